The molecule has 0 aromatic heterocycles. The van der Waals surface area contributed by atoms with Crippen molar-refractivity contribution in [3.63, 3.8) is 0 Å². The molecule has 0 aliphatic heterocycles. The number of carbonyl (C=O) groups excluding carboxylic acids is 1. The van der Waals surface area contributed by atoms with Gasteiger partial charge in [0.1, 0.15) is 6.54 Å². The Bertz CT molecular complexity index is 155. The van der Waals surface area contributed by atoms with Gasteiger partial charge < -0.3 is 10.1 Å². The fraction of sp³-hybridized carbons (Fsp3) is 0.571. The lowest BCUT2D eigenvalue weighted by molar-refractivity contribution is -0.141. The van der Waals surface area contributed by atoms with Crippen molar-refractivity contribution < 1.29 is 9.53 Å². The second kappa shape index (κ2) is 5.96. The minimum Gasteiger partial charge on any atom is -0.465 e. The van der Waals surface area contributed by atoms with Crippen LogP contribution in [0.4, 0.5) is 0 Å². The predicted octanol–water partition coefficient (Wildman–Crippen LogP) is 0.120. The molecule has 0 amide bonds. The molecule has 0 unspecified atom stereocenters. The van der Waals surface area contributed by atoms with Crippen LogP contribution in [-0.2, 0) is 9.53 Å². The Labute approximate surface area is 60.8 Å². The van der Waals surface area contributed by atoms with E-state index in [1.807, 2.05) is 0 Å². The number of esters is 1. The summed E-state index contributed by atoms with van der Waals surface area (Å²) >= 11 is 0. The number of nitrogens with one attached hydrogen (secondary N) is 1. The molecule has 0 aliphatic rings. The number of carbonyl (C=O) groups is 1. The zero-order valence-corrected chi connectivity index (χ0v) is 6.23. The van der Waals surface area contributed by atoms with Crippen molar-refractivity contribution in [1.82, 2.24) is 5.32 Å². The van der Waals surface area contributed by atoms with E-state index in [1.54, 1.807) is 13.8 Å². The first kappa shape index (κ1) is 8.83. The summed E-state index contributed by atoms with van der Waals surface area (Å²) in [5, 5.41) is 2.58. The van der Waals surface area contributed by atoms with Gasteiger partial charge in [-0.2, -0.15) is 0 Å². The highest BCUT2D eigenvalue weighted by molar-refractivity contribution is 5.71. The van der Waals surface area contributed by atoms with E-state index in [1.165, 1.54) is 0 Å². The molecule has 10 heavy (non-hydrogen) atoms. The van der Waals surface area contributed by atoms with Crippen LogP contribution in [0.15, 0.2) is 0 Å². The SMILES string of the molecule is CC#CNCC(=O)OCC. The average molecular weight is 141 g/mol. The summed E-state index contributed by atoms with van der Waals surface area (Å²) in [6, 6.07) is 2.54. The monoisotopic (exact) mass is 141 g/mol. The summed E-state index contributed by atoms with van der Waals surface area (Å²) in [6.45, 7) is 4.04. The van der Waals surface area contributed by atoms with Gasteiger partial charge in [-0.15, -0.1) is 0 Å². The van der Waals surface area contributed by atoms with Gasteiger partial charge in [0.05, 0.1) is 6.61 Å². The van der Waals surface area contributed by atoms with Gasteiger partial charge >= 0.3 is 5.97 Å². The van der Waals surface area contributed by atoms with Crippen molar-refractivity contribution in [2.45, 2.75) is 13.8 Å². The molecule has 0 atom stereocenters. The first-order valence-corrected chi connectivity index (χ1v) is 3.11. The first-order valence-electron chi connectivity index (χ1n) is 3.11. The highest BCUT2D eigenvalue weighted by atomic mass is 16.5. The van der Waals surface area contributed by atoms with Crippen molar-refractivity contribution in [2.24, 2.45) is 0 Å². The molecule has 0 aromatic rings. The second-order valence-corrected chi connectivity index (χ2v) is 1.53. The molecule has 0 aliphatic carbocycles. The Balaban J connectivity index is 3.27. The molecule has 0 heterocycles. The lowest BCUT2D eigenvalue weighted by Crippen LogP contribution is -2.20. The molecule has 0 spiro atoms. The van der Waals surface area contributed by atoms with E-state index in [0.29, 0.717) is 6.61 Å². The highest BCUT2D eigenvalue weighted by Crippen LogP contribution is 1.72. The minimum atomic E-state index is -0.273. The van der Waals surface area contributed by atoms with Crippen LogP contribution in [0.2, 0.25) is 0 Å². The van der Waals surface area contributed by atoms with Crippen molar-refractivity contribution in [1.29, 1.82) is 0 Å². The zero-order valence-electron chi connectivity index (χ0n) is 6.23. The summed E-state index contributed by atoms with van der Waals surface area (Å²) < 4.78 is 4.62. The number of hydrogen-bond acceptors (Lipinski definition) is 3. The molecule has 0 saturated heterocycles. The lowest BCUT2D eigenvalue weighted by Gasteiger charge is -1.98. The molecule has 3 nitrogen and oxygen atoms in total. The van der Waals surface area contributed by atoms with Gasteiger partial charge in [-0.25, -0.2) is 0 Å². The Morgan fingerprint density at radius 2 is 2.40 bits per heavy atom. The number of ether oxygens (including phenoxy) is 1. The summed E-state index contributed by atoms with van der Waals surface area (Å²) in [7, 11) is 0. The van der Waals surface area contributed by atoms with E-state index in [2.05, 4.69) is 22.0 Å². The van der Waals surface area contributed by atoms with E-state index in [-0.39, 0.29) is 12.5 Å². The van der Waals surface area contributed by atoms with Crippen LogP contribution >= 0.6 is 0 Å². The van der Waals surface area contributed by atoms with Crippen LogP contribution in [0.25, 0.3) is 0 Å². The number of hydrogen-bond donors (Lipinski definition) is 1. The molecule has 0 rings (SSSR count). The van der Waals surface area contributed by atoms with E-state index >= 15 is 0 Å². The Kier molecular flexibility index (Phi) is 5.26. The molecule has 1 N–H and O–H groups in total. The van der Waals surface area contributed by atoms with Gasteiger partial charge in [0.2, 0.25) is 0 Å². The fourth-order valence-electron chi connectivity index (χ4n) is 0.417. The average Bonchev–Trinajstić information content (AvgIpc) is 1.89. The van der Waals surface area contributed by atoms with Crippen molar-refractivity contribution in [2.75, 3.05) is 13.2 Å². The Morgan fingerprint density at radius 1 is 1.70 bits per heavy atom. The predicted molar refractivity (Wildman–Crippen MR) is 38.1 cm³/mol. The molecule has 0 bridgehead atoms. The van der Waals surface area contributed by atoms with Gasteiger partial charge in [-0.3, -0.25) is 4.79 Å². The number of rotatable bonds is 3. The standard InChI is InChI=1S/C7H11NO2/c1-3-5-8-6-7(9)10-4-2/h8H,4,6H2,1-2H3. The van der Waals surface area contributed by atoms with Crippen LogP contribution in [0.5, 0.6) is 0 Å². The second-order valence-electron chi connectivity index (χ2n) is 1.53. The van der Waals surface area contributed by atoms with Gasteiger partial charge in [0, 0.05) is 6.04 Å². The van der Waals surface area contributed by atoms with Gasteiger partial charge in [-0.05, 0) is 13.8 Å². The van der Waals surface area contributed by atoms with Crippen LogP contribution in [0.3, 0.4) is 0 Å². The summed E-state index contributed by atoms with van der Waals surface area (Å²) in [5.41, 5.74) is 0. The Morgan fingerprint density at radius 3 is 2.90 bits per heavy atom. The van der Waals surface area contributed by atoms with Gasteiger partial charge in [0.15, 0.2) is 0 Å². The summed E-state index contributed by atoms with van der Waals surface area (Å²) in [6.07, 6.45) is 0. The summed E-state index contributed by atoms with van der Waals surface area (Å²) in [4.78, 5) is 10.6. The van der Waals surface area contributed by atoms with Gasteiger partial charge in [0.25, 0.3) is 0 Å². The molecule has 0 aromatic carbocycles. The maximum absolute atomic E-state index is 10.6. The topological polar surface area (TPSA) is 38.3 Å². The molecule has 3 heteroatoms. The minimum absolute atomic E-state index is 0.161. The summed E-state index contributed by atoms with van der Waals surface area (Å²) in [5.74, 6) is 2.32. The third-order valence-corrected chi connectivity index (χ3v) is 0.751. The third kappa shape index (κ3) is 4.98. The molecular formula is C7H11NO2. The lowest BCUT2D eigenvalue weighted by atomic mass is 10.6. The smallest absolute Gasteiger partial charge is 0.326 e. The Hall–Kier alpha value is -1.17. The zero-order chi connectivity index (χ0) is 7.82. The largest absolute Gasteiger partial charge is 0.465 e. The normalized spacial score (nSPS) is 7.40. The van der Waals surface area contributed by atoms with E-state index in [4.69, 9.17) is 0 Å². The molecule has 0 fully saturated rings. The molecular weight excluding hydrogens is 130 g/mol. The van der Waals surface area contributed by atoms with Crippen LogP contribution in [0, 0.1) is 12.0 Å². The maximum atomic E-state index is 10.6. The molecule has 0 saturated carbocycles. The van der Waals surface area contributed by atoms with Crippen molar-refractivity contribution in [3.05, 3.63) is 0 Å². The van der Waals surface area contributed by atoms with Crippen LogP contribution in [-0.4, -0.2) is 19.1 Å². The van der Waals surface area contributed by atoms with E-state index < -0.39 is 0 Å². The quantitative estimate of drug-likeness (QED) is 0.344. The van der Waals surface area contributed by atoms with Gasteiger partial charge in [-0.1, -0.05) is 5.92 Å². The van der Waals surface area contributed by atoms with E-state index in [0.717, 1.165) is 0 Å². The van der Waals surface area contributed by atoms with Crippen LogP contribution in [0.1, 0.15) is 13.8 Å². The van der Waals surface area contributed by atoms with Crippen molar-refractivity contribution >= 4 is 5.97 Å². The van der Waals surface area contributed by atoms with Crippen molar-refractivity contribution in [3.8, 4) is 12.0 Å². The third-order valence-electron chi connectivity index (χ3n) is 0.751. The van der Waals surface area contributed by atoms with Crippen LogP contribution < -0.4 is 5.32 Å². The first-order chi connectivity index (χ1) is 4.81. The highest BCUT2D eigenvalue weighted by Gasteiger charge is 1.96. The molecule has 56 valence electrons. The fourth-order valence-corrected chi connectivity index (χ4v) is 0.417. The maximum Gasteiger partial charge on any atom is 0.326 e. The molecule has 0 radical (unpaired) electrons. The van der Waals surface area contributed by atoms with E-state index in [9.17, 15) is 4.79 Å².